The Morgan fingerprint density at radius 1 is 1.38 bits per heavy atom. The van der Waals surface area contributed by atoms with E-state index in [1.165, 1.54) is 12.5 Å². The number of aromatic nitrogens is 2. The van der Waals surface area contributed by atoms with Gasteiger partial charge in [0, 0.05) is 25.7 Å². The summed E-state index contributed by atoms with van der Waals surface area (Å²) in [6, 6.07) is 7.60. The van der Waals surface area contributed by atoms with Crippen LogP contribution in [0, 0.1) is 0 Å². The van der Waals surface area contributed by atoms with Crippen LogP contribution in [0.15, 0.2) is 35.2 Å². The minimum Gasteiger partial charge on any atom is -0.447 e. The molecule has 7 nitrogen and oxygen atoms in total. The van der Waals surface area contributed by atoms with Crippen molar-refractivity contribution < 1.29 is 14.3 Å². The fraction of sp³-hybridized carbons (Fsp3) is 0.278. The van der Waals surface area contributed by atoms with Crippen LogP contribution in [0.3, 0.4) is 0 Å². The first-order chi connectivity index (χ1) is 12.5. The number of nitrogens with zero attached hydrogens (tertiary/aromatic N) is 3. The highest BCUT2D eigenvalue weighted by Gasteiger charge is 2.34. The van der Waals surface area contributed by atoms with Gasteiger partial charge in [-0.15, -0.1) is 0 Å². The number of imidazole rings is 1. The summed E-state index contributed by atoms with van der Waals surface area (Å²) < 4.78 is 8.06. The van der Waals surface area contributed by atoms with Crippen LogP contribution in [-0.4, -0.2) is 40.7 Å². The Morgan fingerprint density at radius 2 is 2.15 bits per heavy atom. The number of carbonyl (C=O) groups is 2. The van der Waals surface area contributed by atoms with Crippen LogP contribution in [0.25, 0.3) is 11.6 Å². The molecule has 0 spiro atoms. The largest absolute Gasteiger partial charge is 0.447 e. The molecule has 8 heteroatoms. The van der Waals surface area contributed by atoms with Gasteiger partial charge in [-0.05, 0) is 45.3 Å². The average molecular weight is 417 g/mol. The zero-order valence-electron chi connectivity index (χ0n) is 14.1. The van der Waals surface area contributed by atoms with Crippen molar-refractivity contribution in [2.75, 3.05) is 18.1 Å². The number of hydrogen-bond donors (Lipinski definition) is 1. The van der Waals surface area contributed by atoms with Crippen molar-refractivity contribution in [1.82, 2.24) is 14.9 Å². The van der Waals surface area contributed by atoms with Gasteiger partial charge in [-0.3, -0.25) is 9.69 Å². The van der Waals surface area contributed by atoms with Gasteiger partial charge in [0.15, 0.2) is 0 Å². The first kappa shape index (κ1) is 16.8. The molecule has 2 aliphatic heterocycles. The Morgan fingerprint density at radius 3 is 2.85 bits per heavy atom. The van der Waals surface area contributed by atoms with Gasteiger partial charge >= 0.3 is 6.09 Å². The number of ether oxygens (including phenoxy) is 1. The molecule has 1 atom stereocenters. The molecule has 26 heavy (non-hydrogen) atoms. The summed E-state index contributed by atoms with van der Waals surface area (Å²) in [6.45, 7) is 2.85. The van der Waals surface area contributed by atoms with Crippen molar-refractivity contribution in [3.63, 3.8) is 0 Å². The van der Waals surface area contributed by atoms with E-state index in [-0.39, 0.29) is 24.6 Å². The first-order valence-corrected chi connectivity index (χ1v) is 9.04. The summed E-state index contributed by atoms with van der Waals surface area (Å²) in [4.78, 5) is 29.0. The number of allylic oxidation sites excluding steroid dienone is 1. The predicted octanol–water partition coefficient (Wildman–Crippen LogP) is 2.66. The fourth-order valence-corrected chi connectivity index (χ4v) is 3.66. The fourth-order valence-electron chi connectivity index (χ4n) is 3.23. The van der Waals surface area contributed by atoms with Gasteiger partial charge in [0.1, 0.15) is 11.2 Å². The number of anilines is 1. The lowest BCUT2D eigenvalue weighted by molar-refractivity contribution is -0.119. The van der Waals surface area contributed by atoms with Crippen LogP contribution in [0.4, 0.5) is 10.5 Å². The third kappa shape index (κ3) is 3.01. The molecule has 2 amide bonds. The summed E-state index contributed by atoms with van der Waals surface area (Å²) in [5.41, 5.74) is 4.10. The summed E-state index contributed by atoms with van der Waals surface area (Å²) in [5.74, 6) is -0.127. The molecule has 134 valence electrons. The Labute approximate surface area is 158 Å². The molecule has 0 aliphatic carbocycles. The van der Waals surface area contributed by atoms with E-state index in [2.05, 4.69) is 36.9 Å². The van der Waals surface area contributed by atoms with E-state index in [1.54, 1.807) is 4.90 Å². The van der Waals surface area contributed by atoms with Gasteiger partial charge in [0.2, 0.25) is 5.91 Å². The molecule has 0 radical (unpaired) electrons. The van der Waals surface area contributed by atoms with Crippen LogP contribution >= 0.6 is 15.9 Å². The number of carbonyl (C=O) groups excluding carboxylic acids is 2. The molecular formula is C18H17BrN4O3. The van der Waals surface area contributed by atoms with Crippen molar-refractivity contribution in [2.45, 2.75) is 19.5 Å². The molecule has 1 aromatic carbocycles. The molecule has 1 saturated heterocycles. The van der Waals surface area contributed by atoms with Crippen LogP contribution in [-0.2, 0) is 16.1 Å². The smallest absolute Gasteiger partial charge is 0.414 e. The van der Waals surface area contributed by atoms with E-state index in [9.17, 15) is 9.59 Å². The monoisotopic (exact) mass is 416 g/mol. The molecule has 1 N–H and O–H groups in total. The lowest BCUT2D eigenvalue weighted by Crippen LogP contribution is -2.42. The zero-order valence-corrected chi connectivity index (χ0v) is 15.7. The minimum atomic E-state index is -0.390. The second kappa shape index (κ2) is 6.60. The third-order valence-electron chi connectivity index (χ3n) is 4.55. The standard InChI is InChI=1S/C18H17BrN4O3/c1-11(24)20-7-15-9-26-18(25)23(15)14-4-2-12(3-5-14)13-6-16-17(19)21-10-22(16)8-13/h2-6,10,15H,7-9H2,1H3,(H,20,24). The maximum Gasteiger partial charge on any atom is 0.414 e. The summed E-state index contributed by atoms with van der Waals surface area (Å²) in [7, 11) is 0. The van der Waals surface area contributed by atoms with E-state index in [4.69, 9.17) is 4.74 Å². The van der Waals surface area contributed by atoms with E-state index < -0.39 is 0 Å². The predicted molar refractivity (Wildman–Crippen MR) is 101 cm³/mol. The van der Waals surface area contributed by atoms with Gasteiger partial charge in [0.05, 0.1) is 18.1 Å². The summed E-state index contributed by atoms with van der Waals surface area (Å²) in [6.07, 6.45) is 3.53. The second-order valence-corrected chi connectivity index (χ2v) is 7.05. The highest BCUT2D eigenvalue weighted by atomic mass is 79.9. The maximum atomic E-state index is 12.1. The Bertz CT molecular complexity index is 904. The topological polar surface area (TPSA) is 76.5 Å². The summed E-state index contributed by atoms with van der Waals surface area (Å²) in [5, 5.41) is 2.74. The SMILES string of the molecule is CC(=O)NCC1COC(=O)N1c1ccc(C2=Cc3c(Br)ncn3C2)cc1. The molecule has 1 aromatic heterocycles. The number of amides is 2. The molecule has 1 unspecified atom stereocenters. The minimum absolute atomic E-state index is 0.127. The van der Waals surface area contributed by atoms with Crippen molar-refractivity contribution >= 4 is 45.3 Å². The summed E-state index contributed by atoms with van der Waals surface area (Å²) >= 11 is 3.45. The quantitative estimate of drug-likeness (QED) is 0.830. The van der Waals surface area contributed by atoms with Crippen molar-refractivity contribution in [1.29, 1.82) is 0 Å². The van der Waals surface area contributed by atoms with Gasteiger partial charge in [-0.1, -0.05) is 12.1 Å². The Hall–Kier alpha value is -2.61. The highest BCUT2D eigenvalue weighted by Crippen LogP contribution is 2.32. The second-order valence-electron chi connectivity index (χ2n) is 6.30. The number of halogens is 1. The Kier molecular flexibility index (Phi) is 4.28. The van der Waals surface area contributed by atoms with Gasteiger partial charge in [0.25, 0.3) is 0 Å². The third-order valence-corrected chi connectivity index (χ3v) is 5.16. The van der Waals surface area contributed by atoms with Gasteiger partial charge in [-0.25, -0.2) is 9.78 Å². The van der Waals surface area contributed by atoms with Crippen LogP contribution in [0.5, 0.6) is 0 Å². The highest BCUT2D eigenvalue weighted by molar-refractivity contribution is 9.10. The molecule has 2 aliphatic rings. The normalized spacial score (nSPS) is 18.5. The van der Waals surface area contributed by atoms with Crippen LogP contribution in [0.1, 0.15) is 18.2 Å². The van der Waals surface area contributed by atoms with Crippen LogP contribution in [0.2, 0.25) is 0 Å². The Balaban J connectivity index is 1.53. The molecule has 1 fully saturated rings. The zero-order chi connectivity index (χ0) is 18.3. The lowest BCUT2D eigenvalue weighted by Gasteiger charge is -2.21. The molecule has 3 heterocycles. The number of hydrogen-bond acceptors (Lipinski definition) is 4. The number of nitrogens with one attached hydrogen (secondary N) is 1. The van der Waals surface area contributed by atoms with Crippen molar-refractivity contribution in [3.8, 4) is 0 Å². The average Bonchev–Trinajstić information content (AvgIpc) is 3.30. The van der Waals surface area contributed by atoms with E-state index in [0.717, 1.165) is 28.1 Å². The molecule has 4 rings (SSSR count). The molecule has 2 aromatic rings. The van der Waals surface area contributed by atoms with E-state index >= 15 is 0 Å². The molecule has 0 bridgehead atoms. The molecule has 0 saturated carbocycles. The van der Waals surface area contributed by atoms with E-state index in [1.807, 2.05) is 30.6 Å². The number of rotatable bonds is 4. The number of benzene rings is 1. The number of cyclic esters (lactones) is 1. The van der Waals surface area contributed by atoms with Crippen LogP contribution < -0.4 is 10.2 Å². The van der Waals surface area contributed by atoms with Crippen molar-refractivity contribution in [2.24, 2.45) is 0 Å². The number of fused-ring (bicyclic) bond motifs is 1. The van der Waals surface area contributed by atoms with Crippen molar-refractivity contribution in [3.05, 3.63) is 46.5 Å². The van der Waals surface area contributed by atoms with Gasteiger partial charge in [-0.2, -0.15) is 0 Å². The molecular weight excluding hydrogens is 400 g/mol. The van der Waals surface area contributed by atoms with E-state index in [0.29, 0.717) is 6.54 Å². The first-order valence-electron chi connectivity index (χ1n) is 8.25. The van der Waals surface area contributed by atoms with Gasteiger partial charge < -0.3 is 14.6 Å². The lowest BCUT2D eigenvalue weighted by atomic mass is 10.1. The maximum absolute atomic E-state index is 12.1.